The van der Waals surface area contributed by atoms with Gasteiger partial charge in [-0.15, -0.1) is 11.3 Å². The molecule has 2 aromatic heterocycles. The van der Waals surface area contributed by atoms with Crippen molar-refractivity contribution >= 4 is 33.9 Å². The van der Waals surface area contributed by atoms with E-state index >= 15 is 0 Å². The molecular formula is C19H22N4O3S. The number of aromatic nitrogens is 2. The maximum absolute atomic E-state index is 12.3. The summed E-state index contributed by atoms with van der Waals surface area (Å²) in [7, 11) is 0. The summed E-state index contributed by atoms with van der Waals surface area (Å²) in [5.41, 5.74) is 2.52. The lowest BCUT2D eigenvalue weighted by atomic mass is 10.2. The number of thiazole rings is 1. The first-order valence-electron chi connectivity index (χ1n) is 9.22. The number of benzene rings is 1. The Balaban J connectivity index is 1.57. The van der Waals surface area contributed by atoms with Crippen molar-refractivity contribution in [1.29, 1.82) is 0 Å². The van der Waals surface area contributed by atoms with Crippen molar-refractivity contribution in [3.8, 4) is 10.7 Å². The van der Waals surface area contributed by atoms with E-state index in [4.69, 9.17) is 4.52 Å². The van der Waals surface area contributed by atoms with Gasteiger partial charge in [-0.1, -0.05) is 12.1 Å². The third-order valence-electron chi connectivity index (χ3n) is 4.91. The van der Waals surface area contributed by atoms with Crippen LogP contribution in [0.5, 0.6) is 0 Å². The summed E-state index contributed by atoms with van der Waals surface area (Å²) in [4.78, 5) is 19.5. The van der Waals surface area contributed by atoms with E-state index in [1.54, 1.807) is 6.20 Å². The maximum Gasteiger partial charge on any atom is 0.263 e. The lowest BCUT2D eigenvalue weighted by molar-refractivity contribution is 0.0919. The topological polar surface area (TPSA) is 91.5 Å². The number of anilines is 1. The lowest BCUT2D eigenvalue weighted by Gasteiger charge is -2.16. The van der Waals surface area contributed by atoms with Gasteiger partial charge in [-0.3, -0.25) is 4.79 Å². The van der Waals surface area contributed by atoms with E-state index in [0.29, 0.717) is 22.0 Å². The zero-order valence-corrected chi connectivity index (χ0v) is 16.0. The molecule has 1 aliphatic rings. The highest BCUT2D eigenvalue weighted by molar-refractivity contribution is 7.17. The summed E-state index contributed by atoms with van der Waals surface area (Å²) >= 11 is 1.27. The summed E-state index contributed by atoms with van der Waals surface area (Å²) in [6.45, 7) is 3.98. The van der Waals surface area contributed by atoms with E-state index in [1.807, 2.05) is 19.1 Å². The number of hydrogen-bond acceptors (Lipinski definition) is 7. The van der Waals surface area contributed by atoms with Crippen LogP contribution >= 0.6 is 11.3 Å². The van der Waals surface area contributed by atoms with Crippen molar-refractivity contribution < 1.29 is 14.4 Å². The molecule has 0 bridgehead atoms. The summed E-state index contributed by atoms with van der Waals surface area (Å²) < 4.78 is 5.53. The van der Waals surface area contributed by atoms with E-state index in [2.05, 4.69) is 26.4 Å². The van der Waals surface area contributed by atoms with Crippen LogP contribution in [-0.4, -0.2) is 46.9 Å². The Labute approximate surface area is 161 Å². The molecule has 1 amide bonds. The van der Waals surface area contributed by atoms with Gasteiger partial charge in [0.25, 0.3) is 5.91 Å². The predicted molar refractivity (Wildman–Crippen MR) is 105 cm³/mol. The van der Waals surface area contributed by atoms with Crippen LogP contribution < -0.4 is 10.2 Å². The number of fused-ring (bicyclic) bond motifs is 1. The molecule has 1 saturated heterocycles. The minimum atomic E-state index is -0.250. The van der Waals surface area contributed by atoms with Gasteiger partial charge in [-0.05, 0) is 31.4 Å². The molecule has 4 rings (SSSR count). The van der Waals surface area contributed by atoms with Crippen LogP contribution in [0.25, 0.3) is 21.7 Å². The molecule has 3 aromatic rings. The molecule has 0 spiro atoms. The van der Waals surface area contributed by atoms with Gasteiger partial charge in [0.2, 0.25) is 0 Å². The molecule has 1 fully saturated rings. The smallest absolute Gasteiger partial charge is 0.263 e. The normalized spacial score (nSPS) is 15.4. The average Bonchev–Trinajstić information content (AvgIpc) is 3.45. The van der Waals surface area contributed by atoms with Gasteiger partial charge in [0.1, 0.15) is 15.6 Å². The van der Waals surface area contributed by atoms with Gasteiger partial charge >= 0.3 is 0 Å². The fraction of sp³-hybridized carbons (Fsp3) is 0.421. The predicted octanol–water partition coefficient (Wildman–Crippen LogP) is 3.05. The molecule has 0 radical (unpaired) electrons. The van der Waals surface area contributed by atoms with Crippen LogP contribution in [0.2, 0.25) is 0 Å². The van der Waals surface area contributed by atoms with Crippen molar-refractivity contribution in [2.24, 2.45) is 0 Å². The summed E-state index contributed by atoms with van der Waals surface area (Å²) in [5, 5.41) is 17.8. The van der Waals surface area contributed by atoms with Crippen molar-refractivity contribution in [2.75, 3.05) is 24.6 Å². The number of nitrogens with one attached hydrogen (secondary N) is 1. The van der Waals surface area contributed by atoms with Crippen molar-refractivity contribution in [3.05, 3.63) is 29.3 Å². The Hall–Kier alpha value is -2.45. The largest absolute Gasteiger partial charge is 0.394 e. The van der Waals surface area contributed by atoms with Gasteiger partial charge < -0.3 is 19.8 Å². The number of rotatable bonds is 6. The van der Waals surface area contributed by atoms with E-state index < -0.39 is 0 Å². The second-order valence-corrected chi connectivity index (χ2v) is 7.73. The first-order chi connectivity index (χ1) is 13.2. The minimum Gasteiger partial charge on any atom is -0.394 e. The van der Waals surface area contributed by atoms with Crippen LogP contribution in [0.3, 0.4) is 0 Å². The molecule has 0 aliphatic carbocycles. The minimum absolute atomic E-state index is 0.0822. The van der Waals surface area contributed by atoms with Crippen LogP contribution in [0.1, 0.15) is 35.9 Å². The van der Waals surface area contributed by atoms with Gasteiger partial charge in [0.05, 0.1) is 24.2 Å². The number of carbonyl (C=O) groups is 1. The number of hydrogen-bond donors (Lipinski definition) is 2. The molecule has 1 atom stereocenters. The summed E-state index contributed by atoms with van der Waals surface area (Å²) in [6.07, 6.45) is 4.65. The highest BCUT2D eigenvalue weighted by atomic mass is 32.1. The van der Waals surface area contributed by atoms with Crippen LogP contribution in [0, 0.1) is 0 Å². The third kappa shape index (κ3) is 3.54. The zero-order valence-electron chi connectivity index (χ0n) is 15.1. The maximum atomic E-state index is 12.3. The Morgan fingerprint density at radius 2 is 2.22 bits per heavy atom. The summed E-state index contributed by atoms with van der Waals surface area (Å²) in [6, 6.07) is 5.86. The second kappa shape index (κ2) is 7.66. The number of nitrogens with zero attached hydrogens (tertiary/aromatic N) is 3. The molecule has 8 heteroatoms. The molecule has 7 nitrogen and oxygen atoms in total. The van der Waals surface area contributed by atoms with E-state index in [1.165, 1.54) is 24.2 Å². The number of aliphatic hydroxyl groups is 1. The lowest BCUT2D eigenvalue weighted by Crippen LogP contribution is -2.36. The fourth-order valence-electron chi connectivity index (χ4n) is 3.27. The van der Waals surface area contributed by atoms with Gasteiger partial charge in [0.15, 0.2) is 5.58 Å². The van der Waals surface area contributed by atoms with Crippen LogP contribution in [-0.2, 0) is 0 Å². The quantitative estimate of drug-likeness (QED) is 0.677. The first-order valence-corrected chi connectivity index (χ1v) is 10.0. The van der Waals surface area contributed by atoms with Crippen molar-refractivity contribution in [1.82, 2.24) is 15.5 Å². The average molecular weight is 386 g/mol. The monoisotopic (exact) mass is 386 g/mol. The van der Waals surface area contributed by atoms with E-state index in [0.717, 1.165) is 29.7 Å². The highest BCUT2D eigenvalue weighted by Crippen LogP contribution is 2.33. The van der Waals surface area contributed by atoms with E-state index in [-0.39, 0.29) is 18.6 Å². The number of aliphatic hydroxyl groups excluding tert-OH is 1. The third-order valence-corrected chi connectivity index (χ3v) is 5.91. The molecule has 1 aromatic carbocycles. The Morgan fingerprint density at radius 1 is 1.41 bits per heavy atom. The zero-order chi connectivity index (χ0) is 18.8. The highest BCUT2D eigenvalue weighted by Gasteiger charge is 2.20. The summed E-state index contributed by atoms with van der Waals surface area (Å²) in [5.74, 6) is -0.233. The second-order valence-electron chi connectivity index (χ2n) is 6.70. The standard InChI is InChI=1S/C19H22N4O3S/c1-2-12(11-24)21-18(25)16-10-20-19(27-16)17-14-6-5-13(9-15(14)26-22-17)23-7-3-4-8-23/h5-6,9-10,12,24H,2-4,7-8,11H2,1H3,(H,21,25)/t12-/m1/s1. The number of amides is 1. The van der Waals surface area contributed by atoms with Crippen molar-refractivity contribution in [3.63, 3.8) is 0 Å². The molecule has 27 heavy (non-hydrogen) atoms. The molecule has 3 heterocycles. The molecule has 2 N–H and O–H groups in total. The van der Waals surface area contributed by atoms with Crippen LogP contribution in [0.4, 0.5) is 5.69 Å². The van der Waals surface area contributed by atoms with Crippen molar-refractivity contribution in [2.45, 2.75) is 32.2 Å². The Morgan fingerprint density at radius 3 is 2.96 bits per heavy atom. The fourth-order valence-corrected chi connectivity index (χ4v) is 4.09. The van der Waals surface area contributed by atoms with Gasteiger partial charge in [0, 0.05) is 24.8 Å². The molecular weight excluding hydrogens is 364 g/mol. The van der Waals surface area contributed by atoms with Gasteiger partial charge in [-0.2, -0.15) is 0 Å². The number of carbonyl (C=O) groups excluding carboxylic acids is 1. The molecule has 142 valence electrons. The Kier molecular flexibility index (Phi) is 5.09. The first kappa shape index (κ1) is 17.9. The van der Waals surface area contributed by atoms with E-state index in [9.17, 15) is 9.90 Å². The Bertz CT molecular complexity index is 941. The van der Waals surface area contributed by atoms with Crippen LogP contribution in [0.15, 0.2) is 28.9 Å². The molecule has 0 unspecified atom stereocenters. The SMILES string of the molecule is CC[C@H](CO)NC(=O)c1cnc(-c2noc3cc(N4CCCC4)ccc23)s1. The molecule has 1 aliphatic heterocycles. The molecule has 0 saturated carbocycles. The van der Waals surface area contributed by atoms with Gasteiger partial charge in [-0.25, -0.2) is 4.98 Å².